The number of nitro benzene ring substituents is 1. The fraction of sp³-hybridized carbons (Fsp3) is 0.400. The zero-order valence-electron chi connectivity index (χ0n) is 13.5. The summed E-state index contributed by atoms with van der Waals surface area (Å²) in [5.41, 5.74) is -0.445. The van der Waals surface area contributed by atoms with Crippen molar-refractivity contribution in [3.63, 3.8) is 0 Å². The van der Waals surface area contributed by atoms with Crippen LogP contribution in [0.15, 0.2) is 18.2 Å². The Morgan fingerprint density at radius 3 is 2.67 bits per heavy atom. The van der Waals surface area contributed by atoms with Crippen LogP contribution in [0, 0.1) is 21.4 Å². The van der Waals surface area contributed by atoms with Gasteiger partial charge in [0, 0.05) is 19.7 Å². The molecule has 1 aromatic rings. The highest BCUT2D eigenvalue weighted by atomic mass is 16.6. The average Bonchev–Trinajstić information content (AvgIpc) is 2.58. The molecule has 128 valence electrons. The molecular formula is C15H17N3O6. The van der Waals surface area contributed by atoms with Gasteiger partial charge in [-0.2, -0.15) is 5.26 Å². The van der Waals surface area contributed by atoms with Gasteiger partial charge in [-0.15, -0.1) is 0 Å². The van der Waals surface area contributed by atoms with E-state index < -0.39 is 28.6 Å². The largest absolute Gasteiger partial charge is 0.474 e. The number of esters is 1. The summed E-state index contributed by atoms with van der Waals surface area (Å²) < 4.78 is 9.88. The number of nitro groups is 1. The molecule has 0 saturated carbocycles. The molecule has 0 aliphatic rings. The van der Waals surface area contributed by atoms with Crippen LogP contribution >= 0.6 is 0 Å². The van der Waals surface area contributed by atoms with Crippen LogP contribution in [0.5, 0.6) is 5.75 Å². The van der Waals surface area contributed by atoms with Gasteiger partial charge in [-0.25, -0.2) is 4.79 Å². The number of nitrogens with zero attached hydrogens (tertiary/aromatic N) is 3. The van der Waals surface area contributed by atoms with E-state index in [0.29, 0.717) is 0 Å². The van der Waals surface area contributed by atoms with Crippen molar-refractivity contribution in [2.75, 3.05) is 20.7 Å². The molecule has 1 atom stereocenters. The maximum Gasteiger partial charge on any atom is 0.338 e. The number of nitriles is 1. The number of rotatable bonds is 7. The van der Waals surface area contributed by atoms with Crippen LogP contribution in [-0.4, -0.2) is 48.5 Å². The van der Waals surface area contributed by atoms with Gasteiger partial charge >= 0.3 is 11.7 Å². The topological polar surface area (TPSA) is 123 Å². The van der Waals surface area contributed by atoms with Crippen molar-refractivity contribution in [3.8, 4) is 11.8 Å². The molecule has 0 radical (unpaired) electrons. The minimum atomic E-state index is -0.989. The van der Waals surface area contributed by atoms with Crippen LogP contribution in [0.4, 0.5) is 5.69 Å². The van der Waals surface area contributed by atoms with Crippen molar-refractivity contribution < 1.29 is 24.0 Å². The Labute approximate surface area is 138 Å². The predicted molar refractivity (Wildman–Crippen MR) is 82.4 cm³/mol. The number of ether oxygens (including phenoxy) is 2. The number of likely N-dealkylation sites (N-methyl/N-ethyl adjacent to an activating group) is 1. The van der Waals surface area contributed by atoms with E-state index >= 15 is 0 Å². The van der Waals surface area contributed by atoms with Crippen molar-refractivity contribution in [2.24, 2.45) is 0 Å². The minimum Gasteiger partial charge on any atom is -0.474 e. The molecule has 0 saturated heterocycles. The quantitative estimate of drug-likeness (QED) is 0.420. The molecule has 0 aromatic heterocycles. The van der Waals surface area contributed by atoms with Crippen LogP contribution in [-0.2, 0) is 9.53 Å². The van der Waals surface area contributed by atoms with Gasteiger partial charge in [0.2, 0.25) is 0 Å². The average molecular weight is 335 g/mol. The lowest BCUT2D eigenvalue weighted by Crippen LogP contribution is -2.38. The Morgan fingerprint density at radius 1 is 1.46 bits per heavy atom. The summed E-state index contributed by atoms with van der Waals surface area (Å²) in [5, 5.41) is 19.7. The Hall–Kier alpha value is -3.15. The van der Waals surface area contributed by atoms with Gasteiger partial charge in [0.05, 0.1) is 30.1 Å². The smallest absolute Gasteiger partial charge is 0.338 e. The number of carbonyl (C=O) groups excluding carboxylic acids is 2. The maximum atomic E-state index is 12.1. The van der Waals surface area contributed by atoms with E-state index in [4.69, 9.17) is 10.00 Å². The molecule has 0 heterocycles. The summed E-state index contributed by atoms with van der Waals surface area (Å²) in [6, 6.07) is 5.50. The van der Waals surface area contributed by atoms with E-state index in [1.54, 1.807) is 0 Å². The van der Waals surface area contributed by atoms with E-state index in [1.165, 1.54) is 31.0 Å². The van der Waals surface area contributed by atoms with Crippen molar-refractivity contribution >= 4 is 17.6 Å². The van der Waals surface area contributed by atoms with Crippen LogP contribution < -0.4 is 4.74 Å². The van der Waals surface area contributed by atoms with Crippen LogP contribution in [0.25, 0.3) is 0 Å². The fourth-order valence-corrected chi connectivity index (χ4v) is 1.88. The van der Waals surface area contributed by atoms with E-state index in [0.717, 1.165) is 13.2 Å². The van der Waals surface area contributed by atoms with Crippen LogP contribution in [0.3, 0.4) is 0 Å². The summed E-state index contributed by atoms with van der Waals surface area (Å²) in [7, 11) is 2.67. The molecule has 0 fully saturated rings. The van der Waals surface area contributed by atoms with Gasteiger partial charge in [-0.1, -0.05) is 0 Å². The first-order chi connectivity index (χ1) is 11.3. The third-order valence-corrected chi connectivity index (χ3v) is 3.16. The Balaban J connectivity index is 2.97. The van der Waals surface area contributed by atoms with Crippen LogP contribution in [0.1, 0.15) is 23.7 Å². The summed E-state index contributed by atoms with van der Waals surface area (Å²) in [6.45, 7) is 1.68. The number of amides is 1. The molecule has 9 nitrogen and oxygen atoms in total. The first-order valence-corrected chi connectivity index (χ1v) is 6.97. The second-order valence-corrected chi connectivity index (χ2v) is 4.86. The second kappa shape index (κ2) is 8.47. The highest BCUT2D eigenvalue weighted by Crippen LogP contribution is 2.29. The highest BCUT2D eigenvalue weighted by Gasteiger charge is 2.24. The third kappa shape index (κ3) is 4.67. The predicted octanol–water partition coefficient (Wildman–Crippen LogP) is 1.52. The molecule has 0 N–H and O–H groups in total. The van der Waals surface area contributed by atoms with Crippen molar-refractivity contribution in [2.45, 2.75) is 19.4 Å². The Bertz CT molecular complexity index is 682. The lowest BCUT2D eigenvalue weighted by atomic mass is 10.2. The second-order valence-electron chi connectivity index (χ2n) is 4.86. The molecule has 1 amide bonds. The van der Waals surface area contributed by atoms with Gasteiger partial charge in [0.15, 0.2) is 11.9 Å². The van der Waals surface area contributed by atoms with Crippen molar-refractivity contribution in [1.82, 2.24) is 4.90 Å². The van der Waals surface area contributed by atoms with E-state index in [-0.39, 0.29) is 24.3 Å². The number of hydrogen-bond donors (Lipinski definition) is 0. The summed E-state index contributed by atoms with van der Waals surface area (Å²) in [4.78, 5) is 35.3. The first kappa shape index (κ1) is 18.9. The SMILES string of the molecule is COC(=O)c1ccc(O[C@@H](C)C(=O)N(C)CCC#N)c([N+](=O)[O-])c1. The third-order valence-electron chi connectivity index (χ3n) is 3.16. The molecule has 0 bridgehead atoms. The monoisotopic (exact) mass is 335 g/mol. The lowest BCUT2D eigenvalue weighted by molar-refractivity contribution is -0.386. The molecule has 0 spiro atoms. The Kier molecular flexibility index (Phi) is 6.67. The van der Waals surface area contributed by atoms with E-state index in [2.05, 4.69) is 4.74 Å². The zero-order chi connectivity index (χ0) is 18.3. The van der Waals surface area contributed by atoms with Gasteiger partial charge in [-0.05, 0) is 19.1 Å². The molecule has 9 heteroatoms. The van der Waals surface area contributed by atoms with Gasteiger partial charge in [0.1, 0.15) is 0 Å². The van der Waals surface area contributed by atoms with E-state index in [1.807, 2.05) is 6.07 Å². The number of benzene rings is 1. The maximum absolute atomic E-state index is 12.1. The van der Waals surface area contributed by atoms with Gasteiger partial charge < -0.3 is 14.4 Å². The van der Waals surface area contributed by atoms with E-state index in [9.17, 15) is 19.7 Å². The molecular weight excluding hydrogens is 318 g/mol. The van der Waals surface area contributed by atoms with Crippen molar-refractivity contribution in [3.05, 3.63) is 33.9 Å². The zero-order valence-corrected chi connectivity index (χ0v) is 13.5. The van der Waals surface area contributed by atoms with Gasteiger partial charge in [0.25, 0.3) is 5.91 Å². The number of hydrogen-bond acceptors (Lipinski definition) is 7. The summed E-state index contributed by atoms with van der Waals surface area (Å²) in [6.07, 6.45) is -0.820. The number of methoxy groups -OCH3 is 1. The molecule has 24 heavy (non-hydrogen) atoms. The fourth-order valence-electron chi connectivity index (χ4n) is 1.88. The number of carbonyl (C=O) groups is 2. The summed E-state index contributed by atoms with van der Waals surface area (Å²) in [5.74, 6) is -1.27. The molecule has 0 aliphatic heterocycles. The first-order valence-electron chi connectivity index (χ1n) is 6.97. The molecule has 0 aliphatic carbocycles. The molecule has 1 aromatic carbocycles. The normalized spacial score (nSPS) is 11.1. The van der Waals surface area contributed by atoms with Gasteiger partial charge in [-0.3, -0.25) is 14.9 Å². The minimum absolute atomic E-state index is 0.00154. The molecule has 1 rings (SSSR count). The highest BCUT2D eigenvalue weighted by molar-refractivity contribution is 5.90. The Morgan fingerprint density at radius 2 is 2.12 bits per heavy atom. The standard InChI is InChI=1S/C15H17N3O6/c1-10(14(19)17(2)8-4-7-16)24-13-6-5-11(15(20)23-3)9-12(13)18(21)22/h5-6,9-10H,4,8H2,1-3H3/t10-/m0/s1. The van der Waals surface area contributed by atoms with Crippen LogP contribution in [0.2, 0.25) is 0 Å². The lowest BCUT2D eigenvalue weighted by Gasteiger charge is -2.21. The molecule has 0 unspecified atom stereocenters. The summed E-state index contributed by atoms with van der Waals surface area (Å²) >= 11 is 0. The van der Waals surface area contributed by atoms with Crippen molar-refractivity contribution in [1.29, 1.82) is 5.26 Å².